The van der Waals surface area contributed by atoms with Gasteiger partial charge in [-0.2, -0.15) is 0 Å². The molecule has 0 aliphatic heterocycles. The largest absolute Gasteiger partial charge is 0.497 e. The number of benzene rings is 2. The average Bonchev–Trinajstić information content (AvgIpc) is 3.21. The fourth-order valence-corrected chi connectivity index (χ4v) is 3.85. The second-order valence-corrected chi connectivity index (χ2v) is 7.88. The van der Waals surface area contributed by atoms with Crippen molar-refractivity contribution in [3.8, 4) is 11.4 Å². The summed E-state index contributed by atoms with van der Waals surface area (Å²) < 4.78 is 7.03. The molecule has 29 heavy (non-hydrogen) atoms. The van der Waals surface area contributed by atoms with Gasteiger partial charge in [0.05, 0.1) is 22.9 Å². The zero-order valence-electron chi connectivity index (χ0n) is 16.0. The molecule has 1 aromatic heterocycles. The predicted molar refractivity (Wildman–Crippen MR) is 116 cm³/mol. The molecule has 0 aliphatic carbocycles. The van der Waals surface area contributed by atoms with Gasteiger partial charge < -0.3 is 9.64 Å². The molecule has 0 N–H and O–H groups in total. The Morgan fingerprint density at radius 3 is 2.59 bits per heavy atom. The van der Waals surface area contributed by atoms with Crippen LogP contribution in [0.1, 0.15) is 12.5 Å². The Kier molecular flexibility index (Phi) is 7.41. The second-order valence-electron chi connectivity index (χ2n) is 6.13. The number of hydrogen-bond donors (Lipinski definition) is 0. The Hall–Kier alpha value is -2.22. The van der Waals surface area contributed by atoms with Crippen LogP contribution in [-0.2, 0) is 11.3 Å². The molecule has 1 heterocycles. The van der Waals surface area contributed by atoms with E-state index >= 15 is 0 Å². The fraction of sp³-hybridized carbons (Fsp3) is 0.250. The van der Waals surface area contributed by atoms with Crippen molar-refractivity contribution in [3.05, 3.63) is 64.4 Å². The summed E-state index contributed by atoms with van der Waals surface area (Å²) in [4.78, 5) is 14.5. The minimum atomic E-state index is 0.00727. The summed E-state index contributed by atoms with van der Waals surface area (Å²) in [6.07, 6.45) is 1.63. The van der Waals surface area contributed by atoms with E-state index in [9.17, 15) is 4.79 Å². The van der Waals surface area contributed by atoms with E-state index in [1.165, 1.54) is 11.8 Å². The number of ether oxygens (including phenoxy) is 1. The maximum atomic E-state index is 12.7. The number of carbonyl (C=O) groups is 1. The number of nitrogens with zero attached hydrogens (tertiary/aromatic N) is 4. The normalized spacial score (nSPS) is 10.8. The zero-order valence-corrected chi connectivity index (χ0v) is 18.3. The number of carbonyl (C=O) groups excluding carboxylic acids is 1. The Morgan fingerprint density at radius 1 is 1.17 bits per heavy atom. The van der Waals surface area contributed by atoms with Crippen LogP contribution in [0.4, 0.5) is 0 Å². The maximum Gasteiger partial charge on any atom is 0.233 e. The van der Waals surface area contributed by atoms with Gasteiger partial charge in [-0.15, -0.1) is 10.2 Å². The van der Waals surface area contributed by atoms with E-state index in [1.807, 2.05) is 41.8 Å². The van der Waals surface area contributed by atoms with Crippen molar-refractivity contribution in [2.75, 3.05) is 19.4 Å². The van der Waals surface area contributed by atoms with Crippen LogP contribution in [0.2, 0.25) is 10.0 Å². The van der Waals surface area contributed by atoms with Crippen LogP contribution in [0.25, 0.3) is 5.69 Å². The molecular weight excluding hydrogens is 431 g/mol. The van der Waals surface area contributed by atoms with Gasteiger partial charge in [0, 0.05) is 18.8 Å². The van der Waals surface area contributed by atoms with Gasteiger partial charge in [0.2, 0.25) is 5.91 Å². The van der Waals surface area contributed by atoms with Crippen molar-refractivity contribution in [1.82, 2.24) is 19.7 Å². The van der Waals surface area contributed by atoms with E-state index in [2.05, 4.69) is 10.2 Å². The van der Waals surface area contributed by atoms with Gasteiger partial charge in [-0.05, 0) is 48.9 Å². The monoisotopic (exact) mass is 450 g/mol. The van der Waals surface area contributed by atoms with E-state index in [-0.39, 0.29) is 11.7 Å². The molecule has 0 saturated carbocycles. The van der Waals surface area contributed by atoms with E-state index in [1.54, 1.807) is 30.5 Å². The quantitative estimate of drug-likeness (QED) is 0.464. The van der Waals surface area contributed by atoms with Gasteiger partial charge in [0.15, 0.2) is 5.16 Å². The Morgan fingerprint density at radius 2 is 1.93 bits per heavy atom. The third kappa shape index (κ3) is 5.44. The van der Waals surface area contributed by atoms with Crippen molar-refractivity contribution in [3.63, 3.8) is 0 Å². The summed E-state index contributed by atoms with van der Waals surface area (Å²) >= 11 is 13.4. The topological polar surface area (TPSA) is 60.2 Å². The lowest BCUT2D eigenvalue weighted by molar-refractivity contribution is -0.128. The molecule has 0 radical (unpaired) electrons. The first-order valence-electron chi connectivity index (χ1n) is 8.90. The SMILES string of the molecule is CCN(Cc1ccc(Cl)c(Cl)c1)C(=O)CSc1nncn1-c1ccc(OC)cc1. The number of rotatable bonds is 8. The third-order valence-electron chi connectivity index (χ3n) is 4.28. The Labute approximate surface area is 183 Å². The molecule has 0 saturated heterocycles. The number of aromatic nitrogens is 3. The number of hydrogen-bond acceptors (Lipinski definition) is 5. The lowest BCUT2D eigenvalue weighted by Crippen LogP contribution is -2.31. The minimum absolute atomic E-state index is 0.00727. The van der Waals surface area contributed by atoms with E-state index < -0.39 is 0 Å². The van der Waals surface area contributed by atoms with Gasteiger partial charge in [0.25, 0.3) is 0 Å². The molecule has 0 spiro atoms. The minimum Gasteiger partial charge on any atom is -0.497 e. The first-order chi connectivity index (χ1) is 14.0. The van der Waals surface area contributed by atoms with Crippen molar-refractivity contribution >= 4 is 40.9 Å². The first-order valence-corrected chi connectivity index (χ1v) is 10.6. The van der Waals surface area contributed by atoms with Crippen LogP contribution in [0.15, 0.2) is 53.9 Å². The molecule has 9 heteroatoms. The fourth-order valence-electron chi connectivity index (χ4n) is 2.70. The summed E-state index contributed by atoms with van der Waals surface area (Å²) in [5, 5.41) is 9.74. The summed E-state index contributed by atoms with van der Waals surface area (Å²) in [5.41, 5.74) is 1.83. The Balaban J connectivity index is 1.65. The molecule has 2 aromatic carbocycles. The van der Waals surface area contributed by atoms with Crippen LogP contribution in [0.5, 0.6) is 5.75 Å². The highest BCUT2D eigenvalue weighted by Gasteiger charge is 2.16. The van der Waals surface area contributed by atoms with Crippen molar-refractivity contribution in [1.29, 1.82) is 0 Å². The lowest BCUT2D eigenvalue weighted by Gasteiger charge is -2.21. The molecule has 3 aromatic rings. The highest BCUT2D eigenvalue weighted by Crippen LogP contribution is 2.24. The van der Waals surface area contributed by atoms with Gasteiger partial charge in [-0.1, -0.05) is 41.0 Å². The van der Waals surface area contributed by atoms with Crippen molar-refractivity contribution < 1.29 is 9.53 Å². The summed E-state index contributed by atoms with van der Waals surface area (Å²) in [5.74, 6) is 1.03. The second kappa shape index (κ2) is 10.0. The van der Waals surface area contributed by atoms with Gasteiger partial charge in [-0.3, -0.25) is 9.36 Å². The van der Waals surface area contributed by atoms with Gasteiger partial charge >= 0.3 is 0 Å². The first kappa shape index (κ1) is 21.5. The summed E-state index contributed by atoms with van der Waals surface area (Å²) in [7, 11) is 1.62. The maximum absolute atomic E-state index is 12.7. The Bertz CT molecular complexity index is 979. The number of methoxy groups -OCH3 is 1. The molecule has 0 unspecified atom stereocenters. The van der Waals surface area contributed by atoms with E-state index in [0.717, 1.165) is 17.0 Å². The molecular formula is C20H20Cl2N4O2S. The van der Waals surface area contributed by atoms with Crippen LogP contribution in [-0.4, -0.2) is 45.0 Å². The lowest BCUT2D eigenvalue weighted by atomic mass is 10.2. The molecule has 0 aliphatic rings. The van der Waals surface area contributed by atoms with Gasteiger partial charge in [0.1, 0.15) is 12.1 Å². The molecule has 1 amide bonds. The standard InChI is InChI=1S/C20H20Cl2N4O2S/c1-3-25(11-14-4-9-17(21)18(22)10-14)19(27)12-29-20-24-23-13-26(20)15-5-7-16(28-2)8-6-15/h4-10,13H,3,11-12H2,1-2H3. The number of amides is 1. The molecule has 3 rings (SSSR count). The summed E-state index contributed by atoms with van der Waals surface area (Å²) in [6, 6.07) is 13.0. The predicted octanol–water partition coefficient (Wildman–Crippen LogP) is 4.72. The number of halogens is 2. The molecule has 152 valence electrons. The van der Waals surface area contributed by atoms with Gasteiger partial charge in [-0.25, -0.2) is 0 Å². The molecule has 0 fully saturated rings. The third-order valence-corrected chi connectivity index (χ3v) is 5.95. The molecule has 6 nitrogen and oxygen atoms in total. The van der Waals surface area contributed by atoms with Crippen molar-refractivity contribution in [2.24, 2.45) is 0 Å². The van der Waals surface area contributed by atoms with Crippen molar-refractivity contribution in [2.45, 2.75) is 18.6 Å². The van der Waals surface area contributed by atoms with E-state index in [0.29, 0.717) is 28.3 Å². The summed E-state index contributed by atoms with van der Waals surface area (Å²) in [6.45, 7) is 3.00. The smallest absolute Gasteiger partial charge is 0.233 e. The van der Waals surface area contributed by atoms with Crippen LogP contribution in [0.3, 0.4) is 0 Å². The highest BCUT2D eigenvalue weighted by molar-refractivity contribution is 7.99. The zero-order chi connectivity index (χ0) is 20.8. The highest BCUT2D eigenvalue weighted by atomic mass is 35.5. The average molecular weight is 451 g/mol. The van der Waals surface area contributed by atoms with E-state index in [4.69, 9.17) is 27.9 Å². The molecule has 0 atom stereocenters. The van der Waals surface area contributed by atoms with Crippen LogP contribution in [0, 0.1) is 0 Å². The number of thioether (sulfide) groups is 1. The molecule has 0 bridgehead atoms. The van der Waals surface area contributed by atoms with Crippen LogP contribution < -0.4 is 4.74 Å². The van der Waals surface area contributed by atoms with Crippen LogP contribution >= 0.6 is 35.0 Å².